The van der Waals surface area contributed by atoms with E-state index in [0.717, 1.165) is 5.39 Å². The third-order valence-corrected chi connectivity index (χ3v) is 5.01. The zero-order valence-corrected chi connectivity index (χ0v) is 18.8. The molecule has 0 radical (unpaired) electrons. The average Bonchev–Trinajstić information content (AvgIpc) is 2.77. The van der Waals surface area contributed by atoms with Gasteiger partial charge in [0.2, 0.25) is 11.8 Å². The summed E-state index contributed by atoms with van der Waals surface area (Å²) in [4.78, 5) is 56.7. The minimum atomic E-state index is -0.889. The van der Waals surface area contributed by atoms with Gasteiger partial charge < -0.3 is 27.8 Å². The maximum absolute atomic E-state index is 12.3. The second-order valence-electron chi connectivity index (χ2n) is 7.27. The molecule has 2 rings (SSSR count). The van der Waals surface area contributed by atoms with Crippen LogP contribution < -0.4 is 27.8 Å². The van der Waals surface area contributed by atoms with Crippen LogP contribution in [0.15, 0.2) is 40.4 Å². The number of fused-ring (bicyclic) bond motifs is 1. The van der Waals surface area contributed by atoms with Crippen LogP contribution in [0.25, 0.3) is 10.9 Å². The number of pyridine rings is 1. The van der Waals surface area contributed by atoms with E-state index < -0.39 is 23.8 Å². The lowest BCUT2D eigenvalue weighted by atomic mass is 10.1. The van der Waals surface area contributed by atoms with Gasteiger partial charge in [0.25, 0.3) is 5.91 Å². The van der Waals surface area contributed by atoms with Gasteiger partial charge in [0, 0.05) is 35.9 Å². The summed E-state index contributed by atoms with van der Waals surface area (Å²) in [5.41, 5.74) is 16.7. The molecule has 0 aliphatic heterocycles. The van der Waals surface area contributed by atoms with E-state index in [-0.39, 0.29) is 37.6 Å². The van der Waals surface area contributed by atoms with Crippen LogP contribution in [0, 0.1) is 0 Å². The first-order valence-electron chi connectivity index (χ1n) is 10.2. The number of primary amides is 1. The quantitative estimate of drug-likeness (QED) is 0.105. The number of hydrogen-bond acceptors (Lipinski definition) is 7. The Kier molecular flexibility index (Phi) is 9.61. The highest BCUT2D eigenvalue weighted by Crippen LogP contribution is 2.20. The number of benzene rings is 1. The largest absolute Gasteiger partial charge is 0.370 e. The molecular weight excluding hydrogens is 446 g/mol. The van der Waals surface area contributed by atoms with Crippen molar-refractivity contribution in [3.8, 4) is 0 Å². The molecule has 0 spiro atoms. The van der Waals surface area contributed by atoms with E-state index in [0.29, 0.717) is 28.9 Å². The van der Waals surface area contributed by atoms with Crippen molar-refractivity contribution in [1.82, 2.24) is 15.6 Å². The van der Waals surface area contributed by atoms with Crippen molar-refractivity contribution in [2.24, 2.45) is 22.2 Å². The van der Waals surface area contributed by atoms with Gasteiger partial charge in [-0.2, -0.15) is 0 Å². The first-order valence-corrected chi connectivity index (χ1v) is 10.6. The van der Waals surface area contributed by atoms with E-state index >= 15 is 0 Å². The van der Waals surface area contributed by atoms with Gasteiger partial charge in [0.15, 0.2) is 11.7 Å². The number of rotatable bonds is 12. The lowest BCUT2D eigenvalue weighted by Crippen LogP contribution is -2.44. The monoisotopic (exact) mass is 473 g/mol. The first-order chi connectivity index (χ1) is 15.7. The Morgan fingerprint density at radius 1 is 1.12 bits per heavy atom. The molecule has 0 unspecified atom stereocenters. The van der Waals surface area contributed by atoms with Gasteiger partial charge in [-0.15, -0.1) is 12.6 Å². The summed E-state index contributed by atoms with van der Waals surface area (Å²) in [7, 11) is 0. The molecule has 1 atom stereocenters. The van der Waals surface area contributed by atoms with Gasteiger partial charge in [-0.05, 0) is 25.0 Å². The molecule has 0 fully saturated rings. The predicted octanol–water partition coefficient (Wildman–Crippen LogP) is -0.374. The van der Waals surface area contributed by atoms with Crippen LogP contribution in [0.2, 0.25) is 0 Å². The standard InChI is InChI=1S/C21H27N7O4S/c22-19(31)15(4-2-8-25-21(23)24)28-17(30)7-6-14(29)11-27-20(32)13-9-12-3-1-5-16(33)18(12)26-10-13/h1,3,5,9-10,15,33H,2,4,6-8,11H2,(H2,22,31)(H,27,32)(H,28,30)(H4,23,24,25)/t15-/m0/s1. The SMILES string of the molecule is NC(=O)[C@H](CCCN=C(N)N)NC(=O)CCC(=O)CNC(=O)c1cnc2c(S)cccc2c1. The normalized spacial score (nSPS) is 11.4. The molecule has 8 N–H and O–H groups in total. The minimum absolute atomic E-state index is 0.0658. The van der Waals surface area contributed by atoms with Crippen LogP contribution in [0.1, 0.15) is 36.0 Å². The topological polar surface area (TPSA) is 196 Å². The van der Waals surface area contributed by atoms with E-state index in [1.807, 2.05) is 6.07 Å². The van der Waals surface area contributed by atoms with Crippen molar-refractivity contribution < 1.29 is 19.2 Å². The Morgan fingerprint density at radius 3 is 2.58 bits per heavy atom. The van der Waals surface area contributed by atoms with E-state index in [9.17, 15) is 19.2 Å². The maximum atomic E-state index is 12.3. The summed E-state index contributed by atoms with van der Waals surface area (Å²) >= 11 is 4.32. The molecule has 2 aromatic rings. The summed E-state index contributed by atoms with van der Waals surface area (Å²) in [6.45, 7) is 0.0528. The molecule has 12 heteroatoms. The van der Waals surface area contributed by atoms with Crippen molar-refractivity contribution >= 4 is 53.0 Å². The maximum Gasteiger partial charge on any atom is 0.253 e. The Bertz CT molecular complexity index is 1070. The summed E-state index contributed by atoms with van der Waals surface area (Å²) < 4.78 is 0. The fourth-order valence-corrected chi connectivity index (χ4v) is 3.22. The molecule has 1 aromatic heterocycles. The average molecular weight is 474 g/mol. The predicted molar refractivity (Wildman–Crippen MR) is 127 cm³/mol. The van der Waals surface area contributed by atoms with Crippen LogP contribution >= 0.6 is 12.6 Å². The summed E-state index contributed by atoms with van der Waals surface area (Å²) in [6.07, 6.45) is 1.86. The number of carbonyl (C=O) groups is 4. The lowest BCUT2D eigenvalue weighted by molar-refractivity contribution is -0.128. The van der Waals surface area contributed by atoms with Crippen LogP contribution in [0.5, 0.6) is 0 Å². The number of ketones is 1. The number of nitrogens with two attached hydrogens (primary N) is 3. The van der Waals surface area contributed by atoms with Crippen LogP contribution in [0.4, 0.5) is 0 Å². The van der Waals surface area contributed by atoms with Gasteiger partial charge in [-0.25, -0.2) is 0 Å². The Balaban J connectivity index is 1.77. The summed E-state index contributed by atoms with van der Waals surface area (Å²) in [6, 6.07) is 6.18. The number of Topliss-reactive ketones (excluding diaryl/α,β-unsaturated/α-hetero) is 1. The highest BCUT2D eigenvalue weighted by molar-refractivity contribution is 7.80. The van der Waals surface area contributed by atoms with E-state index in [4.69, 9.17) is 17.2 Å². The number of thiol groups is 1. The zero-order valence-electron chi connectivity index (χ0n) is 17.9. The van der Waals surface area contributed by atoms with Crippen LogP contribution in [-0.2, 0) is 14.4 Å². The van der Waals surface area contributed by atoms with Gasteiger partial charge in [-0.3, -0.25) is 29.2 Å². The molecule has 1 aromatic carbocycles. The van der Waals surface area contributed by atoms with Crippen molar-refractivity contribution in [3.05, 3.63) is 36.0 Å². The molecule has 0 saturated carbocycles. The Labute approximate surface area is 196 Å². The fraction of sp³-hybridized carbons (Fsp3) is 0.333. The van der Waals surface area contributed by atoms with Gasteiger partial charge in [0.05, 0.1) is 17.6 Å². The molecule has 0 saturated heterocycles. The second-order valence-corrected chi connectivity index (χ2v) is 7.75. The molecule has 0 aliphatic carbocycles. The molecule has 1 heterocycles. The summed E-state index contributed by atoms with van der Waals surface area (Å²) in [5.74, 6) is -2.05. The highest BCUT2D eigenvalue weighted by Gasteiger charge is 2.18. The van der Waals surface area contributed by atoms with Crippen LogP contribution in [-0.4, -0.2) is 53.6 Å². The molecule has 0 aliphatic rings. The third kappa shape index (κ3) is 8.41. The molecule has 11 nitrogen and oxygen atoms in total. The molecule has 176 valence electrons. The third-order valence-electron chi connectivity index (χ3n) is 4.65. The Morgan fingerprint density at radius 2 is 1.88 bits per heavy atom. The highest BCUT2D eigenvalue weighted by atomic mass is 32.1. The number of guanidine groups is 1. The first kappa shape index (κ1) is 25.6. The lowest BCUT2D eigenvalue weighted by Gasteiger charge is -2.15. The number of carbonyl (C=O) groups excluding carboxylic acids is 4. The van der Waals surface area contributed by atoms with Crippen LogP contribution in [0.3, 0.4) is 0 Å². The summed E-state index contributed by atoms with van der Waals surface area (Å²) in [5, 5.41) is 5.76. The van der Waals surface area contributed by atoms with Crippen molar-refractivity contribution in [2.45, 2.75) is 36.6 Å². The van der Waals surface area contributed by atoms with Gasteiger partial charge >= 0.3 is 0 Å². The number of nitrogens with zero attached hydrogens (tertiary/aromatic N) is 2. The number of aromatic nitrogens is 1. The van der Waals surface area contributed by atoms with E-state index in [1.54, 1.807) is 18.2 Å². The van der Waals surface area contributed by atoms with Gasteiger partial charge in [-0.1, -0.05) is 12.1 Å². The number of para-hydroxylation sites is 1. The van der Waals surface area contributed by atoms with Crippen molar-refractivity contribution in [2.75, 3.05) is 13.1 Å². The number of amides is 3. The molecule has 33 heavy (non-hydrogen) atoms. The van der Waals surface area contributed by atoms with E-state index in [1.165, 1.54) is 6.20 Å². The molecular formula is C21H27N7O4S. The minimum Gasteiger partial charge on any atom is -0.370 e. The molecule has 3 amide bonds. The van der Waals surface area contributed by atoms with Gasteiger partial charge in [0.1, 0.15) is 6.04 Å². The smallest absolute Gasteiger partial charge is 0.253 e. The van der Waals surface area contributed by atoms with Crippen molar-refractivity contribution in [3.63, 3.8) is 0 Å². The van der Waals surface area contributed by atoms with E-state index in [2.05, 4.69) is 33.2 Å². The number of hydrogen-bond donors (Lipinski definition) is 6. The number of nitrogens with one attached hydrogen (secondary N) is 2. The Hall–Kier alpha value is -3.67. The fourth-order valence-electron chi connectivity index (χ4n) is 2.95. The molecule has 0 bridgehead atoms. The second kappa shape index (κ2) is 12.4. The van der Waals surface area contributed by atoms with Crippen molar-refractivity contribution in [1.29, 1.82) is 0 Å². The zero-order chi connectivity index (χ0) is 24.4. The number of aliphatic imine (C=N–C) groups is 1.